The number of nitrogen functional groups attached to an aromatic ring is 1. The number of unbranched alkanes of at least 4 members (excludes halogenated alkanes) is 1. The lowest BCUT2D eigenvalue weighted by Gasteiger charge is -2.07. The van der Waals surface area contributed by atoms with Gasteiger partial charge in [0.05, 0.1) is 23.5 Å². The molecule has 2 aromatic rings. The van der Waals surface area contributed by atoms with Crippen molar-refractivity contribution in [1.29, 1.82) is 0 Å². The molecule has 0 radical (unpaired) electrons. The summed E-state index contributed by atoms with van der Waals surface area (Å²) in [7, 11) is 0. The van der Waals surface area contributed by atoms with Gasteiger partial charge >= 0.3 is 0 Å². The summed E-state index contributed by atoms with van der Waals surface area (Å²) in [4.78, 5) is 15.9. The first-order valence-corrected chi connectivity index (χ1v) is 8.93. The third-order valence-corrected chi connectivity index (χ3v) is 4.45. The van der Waals surface area contributed by atoms with E-state index in [-0.39, 0.29) is 26.6 Å². The number of nitrogens with one attached hydrogen (secondary N) is 1. The van der Waals surface area contributed by atoms with Gasteiger partial charge in [0.15, 0.2) is 10.8 Å². The van der Waals surface area contributed by atoms with Crippen LogP contribution in [0.25, 0.3) is 0 Å². The number of halogens is 3. The molecule has 1 amide bonds. The van der Waals surface area contributed by atoms with E-state index >= 15 is 0 Å². The number of rotatable bonds is 7. The van der Waals surface area contributed by atoms with Crippen LogP contribution in [0.3, 0.4) is 0 Å². The molecule has 6 nitrogen and oxygen atoms in total. The minimum absolute atomic E-state index is 0.00189. The molecular weight excluding hydrogens is 399 g/mol. The van der Waals surface area contributed by atoms with E-state index in [0.717, 1.165) is 24.2 Å². The number of nitrogens with two attached hydrogens (primary N) is 1. The van der Waals surface area contributed by atoms with Crippen LogP contribution < -0.4 is 15.9 Å². The quantitative estimate of drug-likeness (QED) is 0.300. The van der Waals surface area contributed by atoms with Crippen molar-refractivity contribution >= 4 is 52.6 Å². The van der Waals surface area contributed by atoms with Crippen LogP contribution in [0.15, 0.2) is 29.4 Å². The Morgan fingerprint density at radius 3 is 2.62 bits per heavy atom. The third-order valence-electron chi connectivity index (χ3n) is 3.31. The lowest BCUT2D eigenvalue weighted by Crippen LogP contribution is -2.20. The van der Waals surface area contributed by atoms with E-state index in [9.17, 15) is 4.79 Å². The van der Waals surface area contributed by atoms with E-state index in [2.05, 4.69) is 22.4 Å². The number of hydrogen-bond acceptors (Lipinski definition) is 5. The highest BCUT2D eigenvalue weighted by Crippen LogP contribution is 2.34. The number of hydrazone groups is 1. The van der Waals surface area contributed by atoms with E-state index < -0.39 is 5.91 Å². The van der Waals surface area contributed by atoms with E-state index in [0.29, 0.717) is 6.61 Å². The average Bonchev–Trinajstić information content (AvgIpc) is 2.64. The molecule has 0 spiro atoms. The first-order valence-electron chi connectivity index (χ1n) is 7.80. The summed E-state index contributed by atoms with van der Waals surface area (Å²) in [5.74, 6) is 0.123. The molecule has 0 aliphatic carbocycles. The van der Waals surface area contributed by atoms with Crippen LogP contribution in [-0.2, 0) is 0 Å². The van der Waals surface area contributed by atoms with Crippen molar-refractivity contribution < 1.29 is 9.53 Å². The molecule has 0 fully saturated rings. The third kappa shape index (κ3) is 5.24. The van der Waals surface area contributed by atoms with Crippen LogP contribution in [-0.4, -0.2) is 23.7 Å². The molecule has 9 heteroatoms. The highest BCUT2D eigenvalue weighted by atomic mass is 35.5. The minimum atomic E-state index is -0.656. The van der Waals surface area contributed by atoms with Gasteiger partial charge in [-0.25, -0.2) is 10.4 Å². The van der Waals surface area contributed by atoms with Gasteiger partial charge in [0.2, 0.25) is 0 Å². The zero-order valence-corrected chi connectivity index (χ0v) is 16.2. The Labute approximate surface area is 166 Å². The van der Waals surface area contributed by atoms with Crippen LogP contribution in [0, 0.1) is 0 Å². The summed E-state index contributed by atoms with van der Waals surface area (Å²) in [6.07, 6.45) is 3.56. The molecule has 0 aliphatic rings. The Hall–Kier alpha value is -2.02. The van der Waals surface area contributed by atoms with Crippen molar-refractivity contribution in [3.63, 3.8) is 0 Å². The normalized spacial score (nSPS) is 10.9. The maximum atomic E-state index is 12.1. The summed E-state index contributed by atoms with van der Waals surface area (Å²) >= 11 is 17.6. The summed E-state index contributed by atoms with van der Waals surface area (Å²) in [5, 5.41) is 3.67. The Morgan fingerprint density at radius 1 is 1.27 bits per heavy atom. The fraction of sp³-hybridized carbons (Fsp3) is 0.235. The highest BCUT2D eigenvalue weighted by molar-refractivity contribution is 6.46. The standard InChI is InChI=1S/C17H17Cl3N4O2/c1-2-3-8-26-11-6-4-10(5-7-11)9-22-24-17(25)15-12(18)14(21)13(19)16(20)23-15/h4-7,9H,2-3,8H2,1H3,(H2,21,23)(H,24,25)/b22-9-. The molecule has 0 atom stereocenters. The molecule has 0 bridgehead atoms. The molecule has 2 rings (SSSR count). The number of aromatic nitrogens is 1. The van der Waals surface area contributed by atoms with Gasteiger partial charge in [0.1, 0.15) is 10.8 Å². The number of carbonyl (C=O) groups excluding carboxylic acids is 1. The van der Waals surface area contributed by atoms with Gasteiger partial charge in [-0.1, -0.05) is 48.1 Å². The van der Waals surface area contributed by atoms with E-state index in [4.69, 9.17) is 45.3 Å². The summed E-state index contributed by atoms with van der Waals surface area (Å²) in [5.41, 5.74) is 8.60. The molecule has 1 aromatic carbocycles. The van der Waals surface area contributed by atoms with E-state index in [1.807, 2.05) is 24.3 Å². The fourth-order valence-electron chi connectivity index (χ4n) is 1.88. The van der Waals surface area contributed by atoms with Crippen LogP contribution in [0.5, 0.6) is 5.75 Å². The molecule has 26 heavy (non-hydrogen) atoms. The van der Waals surface area contributed by atoms with Gasteiger partial charge in [0, 0.05) is 0 Å². The first-order chi connectivity index (χ1) is 12.4. The maximum absolute atomic E-state index is 12.1. The number of pyridine rings is 1. The lowest BCUT2D eigenvalue weighted by atomic mass is 10.2. The molecule has 0 aliphatic heterocycles. The molecule has 0 saturated heterocycles. The number of amides is 1. The first kappa shape index (κ1) is 20.3. The largest absolute Gasteiger partial charge is 0.494 e. The van der Waals surface area contributed by atoms with Crippen molar-refractivity contribution in [2.75, 3.05) is 12.3 Å². The second-order valence-electron chi connectivity index (χ2n) is 5.26. The van der Waals surface area contributed by atoms with Crippen LogP contribution in [0.4, 0.5) is 5.69 Å². The van der Waals surface area contributed by atoms with Gasteiger partial charge in [0.25, 0.3) is 5.91 Å². The molecule has 1 heterocycles. The van der Waals surface area contributed by atoms with Crippen LogP contribution in [0.1, 0.15) is 35.8 Å². The number of carbonyl (C=O) groups is 1. The maximum Gasteiger partial charge on any atom is 0.291 e. The lowest BCUT2D eigenvalue weighted by molar-refractivity contribution is 0.0950. The number of anilines is 1. The van der Waals surface area contributed by atoms with Crippen molar-refractivity contribution in [3.05, 3.63) is 50.7 Å². The molecular formula is C17H17Cl3N4O2. The summed E-state index contributed by atoms with van der Waals surface area (Å²) in [6.45, 7) is 2.78. The predicted octanol–water partition coefficient (Wildman–Crippen LogP) is 4.57. The number of hydrogen-bond donors (Lipinski definition) is 2. The predicted molar refractivity (Wildman–Crippen MR) is 106 cm³/mol. The van der Waals surface area contributed by atoms with Crippen molar-refractivity contribution in [2.24, 2.45) is 5.10 Å². The van der Waals surface area contributed by atoms with Crippen molar-refractivity contribution in [2.45, 2.75) is 19.8 Å². The Morgan fingerprint density at radius 2 is 1.96 bits per heavy atom. The monoisotopic (exact) mass is 414 g/mol. The van der Waals surface area contributed by atoms with Gasteiger partial charge in [-0.05, 0) is 36.2 Å². The Bertz CT molecular complexity index is 811. The summed E-state index contributed by atoms with van der Waals surface area (Å²) in [6, 6.07) is 7.30. The molecule has 0 saturated carbocycles. The fourth-order valence-corrected chi connectivity index (χ4v) is 2.48. The number of nitrogens with zero attached hydrogens (tertiary/aromatic N) is 2. The van der Waals surface area contributed by atoms with E-state index in [1.165, 1.54) is 6.21 Å². The van der Waals surface area contributed by atoms with Crippen LogP contribution in [0.2, 0.25) is 15.2 Å². The van der Waals surface area contributed by atoms with Crippen LogP contribution >= 0.6 is 34.8 Å². The van der Waals surface area contributed by atoms with Gasteiger partial charge in [-0.3, -0.25) is 4.79 Å². The zero-order chi connectivity index (χ0) is 19.1. The van der Waals surface area contributed by atoms with Crippen molar-refractivity contribution in [3.8, 4) is 5.75 Å². The number of benzene rings is 1. The summed E-state index contributed by atoms with van der Waals surface area (Å²) < 4.78 is 5.57. The second-order valence-corrected chi connectivity index (χ2v) is 6.38. The Kier molecular flexibility index (Phi) is 7.50. The Balaban J connectivity index is 1.99. The molecule has 3 N–H and O–H groups in total. The van der Waals surface area contributed by atoms with E-state index in [1.54, 1.807) is 0 Å². The second kappa shape index (κ2) is 9.62. The minimum Gasteiger partial charge on any atom is -0.494 e. The highest BCUT2D eigenvalue weighted by Gasteiger charge is 2.19. The smallest absolute Gasteiger partial charge is 0.291 e. The van der Waals surface area contributed by atoms with Gasteiger partial charge in [-0.15, -0.1) is 0 Å². The molecule has 1 aromatic heterocycles. The van der Waals surface area contributed by atoms with Gasteiger partial charge in [-0.2, -0.15) is 5.10 Å². The topological polar surface area (TPSA) is 89.6 Å². The SMILES string of the molecule is CCCCOc1ccc(/C=N\NC(=O)c2nc(Cl)c(Cl)c(N)c2Cl)cc1. The molecule has 138 valence electrons. The van der Waals surface area contributed by atoms with Crippen molar-refractivity contribution in [1.82, 2.24) is 10.4 Å². The number of ether oxygens (including phenoxy) is 1. The molecule has 0 unspecified atom stereocenters. The average molecular weight is 416 g/mol. The van der Waals surface area contributed by atoms with Gasteiger partial charge < -0.3 is 10.5 Å². The zero-order valence-electron chi connectivity index (χ0n) is 13.9.